The number of fused-ring (bicyclic) bond motifs is 1. The third-order valence-electron chi connectivity index (χ3n) is 8.60. The normalized spacial score (nSPS) is 20.9. The monoisotopic (exact) mass is 528 g/mol. The van der Waals surface area contributed by atoms with Gasteiger partial charge in [-0.1, -0.05) is 93.6 Å². The van der Waals surface area contributed by atoms with E-state index in [1.807, 2.05) is 31.2 Å². The van der Waals surface area contributed by atoms with Crippen molar-refractivity contribution >= 4 is 24.5 Å². The zero-order chi connectivity index (χ0) is 26.9. The second-order valence-electron chi connectivity index (χ2n) is 12.1. The lowest BCUT2D eigenvalue weighted by Gasteiger charge is -2.47. The summed E-state index contributed by atoms with van der Waals surface area (Å²) in [6.45, 7) is 9.55. The van der Waals surface area contributed by atoms with Gasteiger partial charge in [0.15, 0.2) is 11.5 Å². The summed E-state index contributed by atoms with van der Waals surface area (Å²) in [6.07, 6.45) is 4.54. The smallest absolute Gasteiger partial charge is 0.261 e. The molecule has 0 spiro atoms. The molecule has 0 radical (unpaired) electrons. The zero-order valence-corrected chi connectivity index (χ0v) is 24.2. The van der Waals surface area contributed by atoms with E-state index in [0.29, 0.717) is 25.2 Å². The van der Waals surface area contributed by atoms with Crippen LogP contribution in [0, 0.1) is 5.41 Å². The summed E-state index contributed by atoms with van der Waals surface area (Å²) in [6, 6.07) is 29.3. The van der Waals surface area contributed by atoms with Gasteiger partial charge in [0.1, 0.15) is 5.78 Å². The van der Waals surface area contributed by atoms with E-state index in [4.69, 9.17) is 13.9 Å². The van der Waals surface area contributed by atoms with Gasteiger partial charge in [0.25, 0.3) is 14.1 Å². The number of rotatable bonds is 8. The topological polar surface area (TPSA) is 44.8 Å². The molecular weight excluding hydrogens is 488 g/mol. The zero-order valence-electron chi connectivity index (χ0n) is 23.2. The molecule has 1 heterocycles. The molecule has 0 bridgehead atoms. The highest BCUT2D eigenvalue weighted by Gasteiger charge is 2.57. The Hall–Kier alpha value is -2.89. The molecule has 200 valence electrons. The molecule has 3 aromatic carbocycles. The number of ketones is 1. The first-order valence-corrected chi connectivity index (χ1v) is 15.8. The summed E-state index contributed by atoms with van der Waals surface area (Å²) in [5.74, 6) is 0.949. The molecule has 5 heteroatoms. The van der Waals surface area contributed by atoms with Crippen LogP contribution in [0.1, 0.15) is 66.2 Å². The first kappa shape index (κ1) is 26.7. The molecule has 5 rings (SSSR count). The molecule has 1 aliphatic carbocycles. The first-order chi connectivity index (χ1) is 18.2. The number of benzene rings is 3. The van der Waals surface area contributed by atoms with Gasteiger partial charge in [-0.2, -0.15) is 0 Å². The highest BCUT2D eigenvalue weighted by atomic mass is 28.4. The predicted molar refractivity (Wildman–Crippen MR) is 155 cm³/mol. The number of carbonyl (C=O) groups excluding carboxylic acids is 1. The molecule has 1 fully saturated rings. The maximum Gasteiger partial charge on any atom is 0.261 e. The van der Waals surface area contributed by atoms with Gasteiger partial charge >= 0.3 is 0 Å². The second kappa shape index (κ2) is 10.3. The summed E-state index contributed by atoms with van der Waals surface area (Å²) >= 11 is 0. The summed E-state index contributed by atoms with van der Waals surface area (Å²) < 4.78 is 20.1. The summed E-state index contributed by atoms with van der Waals surface area (Å²) in [4.78, 5) is 12.8. The van der Waals surface area contributed by atoms with E-state index in [0.717, 1.165) is 37.2 Å². The number of para-hydroxylation sites is 2. The lowest BCUT2D eigenvalue weighted by Crippen LogP contribution is -2.66. The van der Waals surface area contributed by atoms with Gasteiger partial charge in [0, 0.05) is 26.4 Å². The van der Waals surface area contributed by atoms with Crippen LogP contribution in [0.5, 0.6) is 11.5 Å². The Morgan fingerprint density at radius 3 is 1.87 bits per heavy atom. The minimum Gasteiger partial charge on any atom is -0.448 e. The molecule has 0 N–H and O–H groups in total. The molecule has 4 nitrogen and oxygen atoms in total. The largest absolute Gasteiger partial charge is 0.448 e. The third kappa shape index (κ3) is 4.71. The van der Waals surface area contributed by atoms with Gasteiger partial charge in [0.05, 0.1) is 5.41 Å². The van der Waals surface area contributed by atoms with E-state index in [1.165, 1.54) is 10.4 Å². The van der Waals surface area contributed by atoms with Gasteiger partial charge in [-0.25, -0.2) is 0 Å². The van der Waals surface area contributed by atoms with Crippen molar-refractivity contribution in [3.05, 3.63) is 84.9 Å². The van der Waals surface area contributed by atoms with Gasteiger partial charge in [-0.15, -0.1) is 0 Å². The molecule has 1 saturated carbocycles. The summed E-state index contributed by atoms with van der Waals surface area (Å²) in [5.41, 5.74) is -0.393. The van der Waals surface area contributed by atoms with Gasteiger partial charge in [-0.3, -0.25) is 4.79 Å². The Morgan fingerprint density at radius 1 is 0.842 bits per heavy atom. The van der Waals surface area contributed by atoms with Crippen LogP contribution in [0.25, 0.3) is 0 Å². The van der Waals surface area contributed by atoms with Crippen molar-refractivity contribution in [2.45, 2.75) is 77.0 Å². The van der Waals surface area contributed by atoms with E-state index in [-0.39, 0.29) is 5.04 Å². The lowest BCUT2D eigenvalue weighted by molar-refractivity contribution is -0.184. The molecular formula is C33H40O4Si. The van der Waals surface area contributed by atoms with Crippen molar-refractivity contribution in [2.75, 3.05) is 6.61 Å². The minimum atomic E-state index is -2.61. The molecule has 2 aliphatic rings. The molecule has 3 aromatic rings. The van der Waals surface area contributed by atoms with Crippen LogP contribution in [0.3, 0.4) is 0 Å². The average Bonchev–Trinajstić information content (AvgIpc) is 3.27. The highest BCUT2D eigenvalue weighted by Crippen LogP contribution is 2.54. The fourth-order valence-corrected chi connectivity index (χ4v) is 11.3. The van der Waals surface area contributed by atoms with Crippen LogP contribution in [0.15, 0.2) is 84.9 Å². The molecule has 38 heavy (non-hydrogen) atoms. The van der Waals surface area contributed by atoms with Crippen LogP contribution in [-0.4, -0.2) is 26.5 Å². The van der Waals surface area contributed by atoms with Crippen LogP contribution in [0.2, 0.25) is 5.04 Å². The van der Waals surface area contributed by atoms with Crippen molar-refractivity contribution in [3.63, 3.8) is 0 Å². The standard InChI is InChI=1S/C33H40O4Si/c1-31(2,3)38(27-16-7-5-8-17-27,28-18-9-6-10-19-28)35-24-14-23-33(22-13-15-26(34)25-33)32(4)36-29-20-11-12-21-30(29)37-32/h5-12,16-21H,13-15,22-25H2,1-4H3/t33-/m0/s1. The lowest BCUT2D eigenvalue weighted by atomic mass is 9.65. The van der Waals surface area contributed by atoms with E-state index in [9.17, 15) is 4.79 Å². The van der Waals surface area contributed by atoms with Crippen molar-refractivity contribution in [1.82, 2.24) is 0 Å². The molecule has 1 aliphatic heterocycles. The van der Waals surface area contributed by atoms with E-state index in [2.05, 4.69) is 81.4 Å². The maximum atomic E-state index is 12.8. The fraction of sp³-hybridized carbons (Fsp3) is 0.424. The quantitative estimate of drug-likeness (QED) is 0.242. The van der Waals surface area contributed by atoms with E-state index >= 15 is 0 Å². The Labute approximate surface area is 228 Å². The summed E-state index contributed by atoms with van der Waals surface area (Å²) in [5, 5.41) is 2.50. The predicted octanol–water partition coefficient (Wildman–Crippen LogP) is 6.66. The van der Waals surface area contributed by atoms with Crippen LogP contribution < -0.4 is 19.8 Å². The molecule has 0 aromatic heterocycles. The van der Waals surface area contributed by atoms with Gasteiger partial charge < -0.3 is 13.9 Å². The molecule has 1 atom stereocenters. The first-order valence-electron chi connectivity index (χ1n) is 13.9. The average molecular weight is 529 g/mol. The van der Waals surface area contributed by atoms with Crippen molar-refractivity contribution in [1.29, 1.82) is 0 Å². The molecule has 0 saturated heterocycles. The SMILES string of the molecule is CC1([C@]2(CCCO[Si](c3ccccc3)(c3ccccc3)C(C)(C)C)CCCC(=O)C2)Oc2ccccc2O1. The Morgan fingerprint density at radius 2 is 1.37 bits per heavy atom. The minimum absolute atomic E-state index is 0.0699. The molecule has 0 amide bonds. The van der Waals surface area contributed by atoms with Gasteiger partial charge in [0.2, 0.25) is 0 Å². The fourth-order valence-electron chi connectivity index (χ4n) is 6.68. The maximum absolute atomic E-state index is 12.8. The van der Waals surface area contributed by atoms with E-state index in [1.54, 1.807) is 0 Å². The Kier molecular flexibility index (Phi) is 7.27. The van der Waals surface area contributed by atoms with Crippen LogP contribution in [0.4, 0.5) is 0 Å². The van der Waals surface area contributed by atoms with Crippen molar-refractivity contribution < 1.29 is 18.7 Å². The number of hydrogen-bond acceptors (Lipinski definition) is 4. The van der Waals surface area contributed by atoms with Crippen LogP contribution in [-0.2, 0) is 9.22 Å². The summed E-state index contributed by atoms with van der Waals surface area (Å²) in [7, 11) is -2.61. The van der Waals surface area contributed by atoms with Crippen molar-refractivity contribution in [3.8, 4) is 11.5 Å². The highest BCUT2D eigenvalue weighted by molar-refractivity contribution is 6.99. The second-order valence-corrected chi connectivity index (χ2v) is 16.4. The van der Waals surface area contributed by atoms with Crippen molar-refractivity contribution in [2.24, 2.45) is 5.41 Å². The number of Topliss-reactive ketones (excluding diaryl/α,β-unsaturated/α-hetero) is 1. The molecule has 0 unspecified atom stereocenters. The van der Waals surface area contributed by atoms with Crippen LogP contribution >= 0.6 is 0 Å². The third-order valence-corrected chi connectivity index (χ3v) is 13.6. The number of hydrogen-bond donors (Lipinski definition) is 0. The number of carbonyl (C=O) groups is 1. The van der Waals surface area contributed by atoms with Gasteiger partial charge in [-0.05, 0) is 53.2 Å². The Bertz CT molecular complexity index is 1190. The Balaban J connectivity index is 1.41. The number of ether oxygens (including phenoxy) is 2. The van der Waals surface area contributed by atoms with E-state index < -0.39 is 19.5 Å².